The topological polar surface area (TPSA) is 80.4 Å². The van der Waals surface area contributed by atoms with E-state index in [2.05, 4.69) is 15.3 Å². The summed E-state index contributed by atoms with van der Waals surface area (Å²) in [5.41, 5.74) is 7.13. The van der Waals surface area contributed by atoms with Gasteiger partial charge in [0.2, 0.25) is 0 Å². The zero-order chi connectivity index (χ0) is 18.0. The van der Waals surface area contributed by atoms with Crippen molar-refractivity contribution >= 4 is 28.5 Å². The van der Waals surface area contributed by atoms with Gasteiger partial charge in [-0.1, -0.05) is 17.8 Å². The fraction of sp³-hybridized carbons (Fsp3) is 0.278. The molecule has 0 radical (unpaired) electrons. The van der Waals surface area contributed by atoms with Gasteiger partial charge in [-0.25, -0.2) is 4.39 Å². The van der Waals surface area contributed by atoms with Crippen LogP contribution in [0.25, 0.3) is 0 Å². The summed E-state index contributed by atoms with van der Waals surface area (Å²) < 4.78 is 14.4. The normalized spacial score (nSPS) is 20.0. The molecule has 0 unspecified atom stereocenters. The molecule has 1 atom stereocenters. The van der Waals surface area contributed by atoms with Crippen molar-refractivity contribution in [3.63, 3.8) is 0 Å². The fourth-order valence-corrected chi connectivity index (χ4v) is 3.78. The van der Waals surface area contributed by atoms with E-state index in [9.17, 15) is 9.18 Å². The molecule has 0 aliphatic carbocycles. The smallest absolute Gasteiger partial charge is 0.274 e. The van der Waals surface area contributed by atoms with Crippen LogP contribution in [0.2, 0.25) is 0 Å². The average molecular weight is 358 g/mol. The first-order valence-electron chi connectivity index (χ1n) is 7.90. The van der Waals surface area contributed by atoms with E-state index in [1.54, 1.807) is 18.3 Å². The van der Waals surface area contributed by atoms with Gasteiger partial charge in [-0.05, 0) is 50.1 Å². The van der Waals surface area contributed by atoms with Gasteiger partial charge in [-0.3, -0.25) is 14.8 Å². The summed E-state index contributed by atoms with van der Waals surface area (Å²) in [6, 6.07) is 8.08. The molecule has 0 saturated heterocycles. The number of aromatic nitrogens is 1. The van der Waals surface area contributed by atoms with Crippen molar-refractivity contribution in [2.45, 2.75) is 25.8 Å². The Labute approximate surface area is 149 Å². The molecule has 2 aromatic rings. The number of amidine groups is 1. The second kappa shape index (κ2) is 6.84. The molecule has 0 saturated carbocycles. The van der Waals surface area contributed by atoms with Crippen LogP contribution in [0.4, 0.5) is 10.1 Å². The quantitative estimate of drug-likeness (QED) is 0.881. The van der Waals surface area contributed by atoms with Gasteiger partial charge in [0.15, 0.2) is 5.17 Å². The summed E-state index contributed by atoms with van der Waals surface area (Å²) in [6.07, 6.45) is 2.24. The van der Waals surface area contributed by atoms with Gasteiger partial charge in [-0.2, -0.15) is 0 Å². The first-order chi connectivity index (χ1) is 11.9. The van der Waals surface area contributed by atoms with Crippen molar-refractivity contribution in [1.29, 1.82) is 0 Å². The predicted octanol–water partition coefficient (Wildman–Crippen LogP) is 3.45. The highest BCUT2D eigenvalue weighted by atomic mass is 32.2. The number of carbonyl (C=O) groups is 1. The highest BCUT2D eigenvalue weighted by Gasteiger charge is 2.32. The maximum Gasteiger partial charge on any atom is 0.274 e. The van der Waals surface area contributed by atoms with Gasteiger partial charge in [0.25, 0.3) is 5.91 Å². The molecule has 3 rings (SSSR count). The highest BCUT2D eigenvalue weighted by molar-refractivity contribution is 8.13. The molecular weight excluding hydrogens is 339 g/mol. The Morgan fingerprint density at radius 1 is 1.40 bits per heavy atom. The molecule has 0 bridgehead atoms. The van der Waals surface area contributed by atoms with Crippen LogP contribution in [0.3, 0.4) is 0 Å². The molecule has 130 valence electrons. The summed E-state index contributed by atoms with van der Waals surface area (Å²) in [4.78, 5) is 21.0. The molecule has 0 spiro atoms. The van der Waals surface area contributed by atoms with E-state index >= 15 is 0 Å². The molecule has 7 heteroatoms. The zero-order valence-corrected chi connectivity index (χ0v) is 14.9. The lowest BCUT2D eigenvalue weighted by molar-refractivity contribution is 0.102. The summed E-state index contributed by atoms with van der Waals surface area (Å²) in [6.45, 7) is 3.67. The van der Waals surface area contributed by atoms with E-state index in [1.165, 1.54) is 23.9 Å². The number of thioether (sulfide) groups is 1. The van der Waals surface area contributed by atoms with Crippen molar-refractivity contribution in [1.82, 2.24) is 4.98 Å². The molecule has 1 amide bonds. The third-order valence-electron chi connectivity index (χ3n) is 4.22. The van der Waals surface area contributed by atoms with E-state index in [1.807, 2.05) is 19.9 Å². The van der Waals surface area contributed by atoms with Gasteiger partial charge >= 0.3 is 0 Å². The number of nitrogens with one attached hydrogen (secondary N) is 1. The number of nitrogens with zero attached hydrogens (tertiary/aromatic N) is 2. The van der Waals surface area contributed by atoms with Crippen molar-refractivity contribution in [2.24, 2.45) is 10.7 Å². The summed E-state index contributed by atoms with van der Waals surface area (Å²) in [7, 11) is 0. The molecular formula is C18H19FN4OS. The zero-order valence-electron chi connectivity index (χ0n) is 14.0. The Morgan fingerprint density at radius 2 is 2.20 bits per heavy atom. The monoisotopic (exact) mass is 358 g/mol. The number of aryl methyl sites for hydroxylation is 1. The maximum atomic E-state index is 14.4. The largest absolute Gasteiger partial charge is 0.379 e. The van der Waals surface area contributed by atoms with Crippen molar-refractivity contribution in [3.8, 4) is 0 Å². The lowest BCUT2D eigenvalue weighted by Gasteiger charge is -2.30. The van der Waals surface area contributed by atoms with E-state index in [-0.39, 0.29) is 11.7 Å². The molecule has 5 nitrogen and oxygen atoms in total. The number of benzene rings is 1. The van der Waals surface area contributed by atoms with Crippen LogP contribution in [0.1, 0.15) is 35.0 Å². The van der Waals surface area contributed by atoms with Crippen molar-refractivity contribution in [3.05, 3.63) is 59.2 Å². The molecule has 1 aliphatic rings. The Hall–Kier alpha value is -2.41. The molecule has 1 aromatic carbocycles. The number of anilines is 1. The SMILES string of the molecule is Cc1cccnc1C(=O)Nc1ccc(F)c([C@]2(C)CCSC(N)=N2)c1. The molecule has 25 heavy (non-hydrogen) atoms. The minimum absolute atomic E-state index is 0.331. The maximum absolute atomic E-state index is 14.4. The van der Waals surface area contributed by atoms with Gasteiger partial charge in [0.1, 0.15) is 11.5 Å². The molecule has 0 fully saturated rings. The van der Waals surface area contributed by atoms with Gasteiger partial charge in [-0.15, -0.1) is 0 Å². The number of amides is 1. The number of carbonyl (C=O) groups excluding carboxylic acids is 1. The number of aliphatic imine (C=N–C) groups is 1. The predicted molar refractivity (Wildman–Crippen MR) is 99.4 cm³/mol. The first kappa shape index (κ1) is 17.4. The number of pyridine rings is 1. The van der Waals surface area contributed by atoms with Crippen LogP contribution in [-0.2, 0) is 5.54 Å². The van der Waals surface area contributed by atoms with Crippen molar-refractivity contribution < 1.29 is 9.18 Å². The van der Waals surface area contributed by atoms with E-state index in [4.69, 9.17) is 5.73 Å². The van der Waals surface area contributed by atoms with Crippen molar-refractivity contribution in [2.75, 3.05) is 11.1 Å². The van der Waals surface area contributed by atoms with Crippen LogP contribution < -0.4 is 11.1 Å². The standard InChI is InChI=1S/C18H19FN4OS/c1-11-4-3-8-21-15(11)16(24)22-12-5-6-14(19)13(10-12)18(2)7-9-25-17(20)23-18/h3-6,8,10H,7,9H2,1-2H3,(H2,20,23)(H,22,24)/t18-/m0/s1. The van der Waals surface area contributed by atoms with Crippen LogP contribution in [-0.4, -0.2) is 21.8 Å². The molecule has 1 aromatic heterocycles. The number of hydrogen-bond acceptors (Lipinski definition) is 5. The number of rotatable bonds is 3. The third kappa shape index (κ3) is 3.66. The Bertz CT molecular complexity index is 855. The Balaban J connectivity index is 1.91. The molecule has 1 aliphatic heterocycles. The minimum Gasteiger partial charge on any atom is -0.379 e. The van der Waals surface area contributed by atoms with Gasteiger partial charge in [0, 0.05) is 23.2 Å². The average Bonchev–Trinajstić information content (AvgIpc) is 2.56. The number of hydrogen-bond donors (Lipinski definition) is 2. The van der Waals surface area contributed by atoms with Gasteiger partial charge in [0.05, 0.1) is 5.54 Å². The first-order valence-corrected chi connectivity index (χ1v) is 8.89. The summed E-state index contributed by atoms with van der Waals surface area (Å²) in [5.74, 6) is 0.0793. The Morgan fingerprint density at radius 3 is 2.92 bits per heavy atom. The van der Waals surface area contributed by atoms with Crippen LogP contribution >= 0.6 is 11.8 Å². The fourth-order valence-electron chi connectivity index (χ4n) is 2.81. The number of nitrogens with two attached hydrogens (primary N) is 1. The summed E-state index contributed by atoms with van der Waals surface area (Å²) >= 11 is 1.46. The van der Waals surface area contributed by atoms with E-state index < -0.39 is 5.54 Å². The third-order valence-corrected chi connectivity index (χ3v) is 5.02. The second-order valence-electron chi connectivity index (χ2n) is 6.14. The van der Waals surface area contributed by atoms with Gasteiger partial charge < -0.3 is 11.1 Å². The van der Waals surface area contributed by atoms with Crippen LogP contribution in [0, 0.1) is 12.7 Å². The lowest BCUT2D eigenvalue weighted by atomic mass is 9.89. The molecule has 2 heterocycles. The molecule has 3 N–H and O–H groups in total. The van der Waals surface area contributed by atoms with Crippen LogP contribution in [0.15, 0.2) is 41.5 Å². The van der Waals surface area contributed by atoms with E-state index in [0.717, 1.165) is 11.3 Å². The van der Waals surface area contributed by atoms with Crippen LogP contribution in [0.5, 0.6) is 0 Å². The summed E-state index contributed by atoms with van der Waals surface area (Å²) in [5, 5.41) is 3.23. The number of halogens is 1. The minimum atomic E-state index is -0.735. The Kier molecular flexibility index (Phi) is 4.76. The highest BCUT2D eigenvalue weighted by Crippen LogP contribution is 2.37. The lowest BCUT2D eigenvalue weighted by Crippen LogP contribution is -2.30. The second-order valence-corrected chi connectivity index (χ2v) is 7.26. The van der Waals surface area contributed by atoms with E-state index in [0.29, 0.717) is 28.5 Å².